The average Bonchev–Trinajstić information content (AvgIpc) is 2.63. The number of nitrogens with zero attached hydrogens (tertiary/aromatic N) is 2. The number of carbonyl (C=O) groups excluding carboxylic acids is 2. The zero-order chi connectivity index (χ0) is 19.7. The van der Waals surface area contributed by atoms with Gasteiger partial charge in [-0.3, -0.25) is 9.59 Å². The van der Waals surface area contributed by atoms with Crippen molar-refractivity contribution in [1.82, 2.24) is 9.80 Å². The molecule has 2 aliphatic heterocycles. The van der Waals surface area contributed by atoms with Crippen molar-refractivity contribution in [3.8, 4) is 11.8 Å². The largest absolute Gasteiger partial charge is 0.394 e. The fourth-order valence-corrected chi connectivity index (χ4v) is 4.58. The first kappa shape index (κ1) is 19.0. The Kier molecular flexibility index (Phi) is 5.38. The van der Waals surface area contributed by atoms with E-state index < -0.39 is 0 Å². The third kappa shape index (κ3) is 3.30. The summed E-state index contributed by atoms with van der Waals surface area (Å²) in [4.78, 5) is 28.8. The zero-order valence-electron chi connectivity index (χ0n) is 16.1. The summed E-state index contributed by atoms with van der Waals surface area (Å²) < 4.78 is 4.94. The Morgan fingerprint density at radius 3 is 2.64 bits per heavy atom. The van der Waals surface area contributed by atoms with Crippen molar-refractivity contribution in [2.24, 2.45) is 5.92 Å². The van der Waals surface area contributed by atoms with E-state index in [0.29, 0.717) is 13.2 Å². The van der Waals surface area contributed by atoms with E-state index in [0.717, 1.165) is 30.4 Å². The van der Waals surface area contributed by atoms with Crippen LogP contribution in [-0.4, -0.2) is 72.2 Å². The maximum absolute atomic E-state index is 12.6. The topological polar surface area (TPSA) is 70.1 Å². The maximum atomic E-state index is 12.6. The van der Waals surface area contributed by atoms with Gasteiger partial charge in [-0.15, -0.1) is 0 Å². The van der Waals surface area contributed by atoms with Crippen LogP contribution in [0, 0.1) is 17.8 Å². The van der Waals surface area contributed by atoms with Crippen LogP contribution in [-0.2, 0) is 14.3 Å². The van der Waals surface area contributed by atoms with Gasteiger partial charge < -0.3 is 19.6 Å². The Hall–Kier alpha value is -2.36. The molecule has 2 amide bonds. The summed E-state index contributed by atoms with van der Waals surface area (Å²) >= 11 is 0. The van der Waals surface area contributed by atoms with Crippen LogP contribution in [0.1, 0.15) is 36.3 Å². The second kappa shape index (κ2) is 7.94. The summed E-state index contributed by atoms with van der Waals surface area (Å²) in [5.41, 5.74) is 1.97. The Balaban J connectivity index is 1.51. The van der Waals surface area contributed by atoms with Crippen LogP contribution in [0.4, 0.5) is 0 Å². The Morgan fingerprint density at radius 1 is 1.29 bits per heavy atom. The van der Waals surface area contributed by atoms with E-state index in [9.17, 15) is 14.7 Å². The average molecular weight is 382 g/mol. The molecule has 3 atom stereocenters. The molecule has 0 spiro atoms. The zero-order valence-corrected chi connectivity index (χ0v) is 16.1. The number of amides is 2. The summed E-state index contributed by atoms with van der Waals surface area (Å²) in [6.45, 7) is 1.01. The van der Waals surface area contributed by atoms with Crippen molar-refractivity contribution >= 4 is 11.8 Å². The molecule has 2 heterocycles. The minimum Gasteiger partial charge on any atom is -0.394 e. The third-order valence-corrected chi connectivity index (χ3v) is 6.26. The molecule has 6 heteroatoms. The molecule has 1 aliphatic carbocycles. The van der Waals surface area contributed by atoms with E-state index in [1.165, 1.54) is 0 Å². The summed E-state index contributed by atoms with van der Waals surface area (Å²) in [6.07, 6.45) is 2.97. The molecule has 0 unspecified atom stereocenters. The molecule has 1 N–H and O–H groups in total. The number of aliphatic hydroxyl groups is 1. The minimum absolute atomic E-state index is 0.0342. The highest BCUT2D eigenvalue weighted by molar-refractivity contribution is 5.89. The molecule has 6 nitrogen and oxygen atoms in total. The van der Waals surface area contributed by atoms with Gasteiger partial charge in [0.15, 0.2) is 0 Å². The van der Waals surface area contributed by atoms with Gasteiger partial charge in [0.1, 0.15) is 6.61 Å². The number of ether oxygens (including phenoxy) is 1. The van der Waals surface area contributed by atoms with Gasteiger partial charge in [0.2, 0.25) is 11.8 Å². The van der Waals surface area contributed by atoms with Crippen LogP contribution in [0.3, 0.4) is 0 Å². The van der Waals surface area contributed by atoms with Crippen LogP contribution >= 0.6 is 0 Å². The van der Waals surface area contributed by atoms with E-state index in [2.05, 4.69) is 11.8 Å². The van der Waals surface area contributed by atoms with Gasteiger partial charge in [-0.2, -0.15) is 0 Å². The molecule has 4 rings (SSSR count). The van der Waals surface area contributed by atoms with E-state index in [1.54, 1.807) is 16.9 Å². The summed E-state index contributed by atoms with van der Waals surface area (Å²) in [5, 5.41) is 9.87. The number of hydrogen-bond donors (Lipinski definition) is 1. The number of piperazine rings is 1. The van der Waals surface area contributed by atoms with E-state index in [4.69, 9.17) is 4.74 Å². The molecule has 2 saturated heterocycles. The monoisotopic (exact) mass is 382 g/mol. The van der Waals surface area contributed by atoms with Gasteiger partial charge >= 0.3 is 0 Å². The van der Waals surface area contributed by atoms with Crippen molar-refractivity contribution in [3.05, 3.63) is 35.4 Å². The van der Waals surface area contributed by atoms with E-state index in [-0.39, 0.29) is 48.9 Å². The highest BCUT2D eigenvalue weighted by Crippen LogP contribution is 2.43. The van der Waals surface area contributed by atoms with Crippen molar-refractivity contribution in [3.63, 3.8) is 0 Å². The quantitative estimate of drug-likeness (QED) is 0.789. The number of benzene rings is 1. The first-order valence-electron chi connectivity index (χ1n) is 9.92. The van der Waals surface area contributed by atoms with Crippen LogP contribution in [0.25, 0.3) is 0 Å². The van der Waals surface area contributed by atoms with Gasteiger partial charge in [0, 0.05) is 31.1 Å². The molecule has 0 radical (unpaired) electrons. The van der Waals surface area contributed by atoms with Crippen molar-refractivity contribution in [2.45, 2.75) is 37.3 Å². The molecule has 148 valence electrons. The SMILES string of the molecule is COCC#Cc1ccc([C@@H]2[C@H](CO)N3C(=O)CN(C(=O)C4CCC4)C[C@@H]23)cc1. The first-order chi connectivity index (χ1) is 13.6. The van der Waals surface area contributed by atoms with Crippen LogP contribution in [0.2, 0.25) is 0 Å². The number of hydrogen-bond acceptors (Lipinski definition) is 4. The summed E-state index contributed by atoms with van der Waals surface area (Å²) in [7, 11) is 1.61. The van der Waals surface area contributed by atoms with Gasteiger partial charge in [0.25, 0.3) is 0 Å². The fraction of sp³-hybridized carbons (Fsp3) is 0.545. The van der Waals surface area contributed by atoms with Crippen molar-refractivity contribution in [1.29, 1.82) is 0 Å². The van der Waals surface area contributed by atoms with Crippen molar-refractivity contribution < 1.29 is 19.4 Å². The molecule has 3 aliphatic rings. The highest BCUT2D eigenvalue weighted by Gasteiger charge is 2.54. The molecule has 1 aromatic rings. The predicted molar refractivity (Wildman–Crippen MR) is 103 cm³/mol. The summed E-state index contributed by atoms with van der Waals surface area (Å²) in [6, 6.07) is 7.66. The number of aliphatic hydroxyl groups excluding tert-OH is 1. The minimum atomic E-state index is -0.219. The van der Waals surface area contributed by atoms with Gasteiger partial charge in [-0.05, 0) is 30.5 Å². The van der Waals surface area contributed by atoms with Gasteiger partial charge in [-0.1, -0.05) is 30.4 Å². The maximum Gasteiger partial charge on any atom is 0.242 e. The molecule has 0 bridgehead atoms. The second-order valence-electron chi connectivity index (χ2n) is 7.85. The van der Waals surface area contributed by atoms with Gasteiger partial charge in [0.05, 0.1) is 25.2 Å². The predicted octanol–water partition coefficient (Wildman–Crippen LogP) is 0.982. The second-order valence-corrected chi connectivity index (χ2v) is 7.85. The molecule has 1 aromatic carbocycles. The Bertz CT molecular complexity index is 806. The standard InChI is InChI=1S/C22H26N2O4/c1-28-11-3-4-15-7-9-16(10-8-15)21-18-12-23(22(27)17-5-2-6-17)13-20(26)24(18)19(21)14-25/h7-10,17-19,21,25H,2,5-6,11-14H2,1H3/t18-,19-,21-/m0/s1. The number of rotatable bonds is 4. The molecular formula is C22H26N2O4. The lowest BCUT2D eigenvalue weighted by molar-refractivity contribution is -0.169. The number of carbonyl (C=O) groups is 2. The number of fused-ring (bicyclic) bond motifs is 1. The normalized spacial score (nSPS) is 26.6. The van der Waals surface area contributed by atoms with E-state index in [1.807, 2.05) is 24.3 Å². The lowest BCUT2D eigenvalue weighted by Crippen LogP contribution is -2.73. The smallest absolute Gasteiger partial charge is 0.242 e. The summed E-state index contributed by atoms with van der Waals surface area (Å²) in [5.74, 6) is 6.16. The van der Waals surface area contributed by atoms with Gasteiger partial charge in [-0.25, -0.2) is 0 Å². The molecule has 1 saturated carbocycles. The number of methoxy groups -OCH3 is 1. The lowest BCUT2D eigenvalue weighted by Gasteiger charge is -2.59. The fourth-order valence-electron chi connectivity index (χ4n) is 4.58. The Labute approximate surface area is 165 Å². The van der Waals surface area contributed by atoms with Crippen LogP contribution in [0.5, 0.6) is 0 Å². The third-order valence-electron chi connectivity index (χ3n) is 6.26. The Morgan fingerprint density at radius 2 is 2.04 bits per heavy atom. The molecular weight excluding hydrogens is 356 g/mol. The molecule has 3 fully saturated rings. The van der Waals surface area contributed by atoms with Crippen LogP contribution in [0.15, 0.2) is 24.3 Å². The highest BCUT2D eigenvalue weighted by atomic mass is 16.5. The lowest BCUT2D eigenvalue weighted by atomic mass is 9.73. The van der Waals surface area contributed by atoms with Crippen molar-refractivity contribution in [2.75, 3.05) is 33.4 Å². The van der Waals surface area contributed by atoms with Crippen LogP contribution < -0.4 is 0 Å². The molecule has 28 heavy (non-hydrogen) atoms. The first-order valence-corrected chi connectivity index (χ1v) is 9.92. The van der Waals surface area contributed by atoms with E-state index >= 15 is 0 Å². The molecule has 0 aromatic heterocycles.